The molecule has 86 heavy (non-hydrogen) atoms. The highest BCUT2D eigenvalue weighted by atomic mass is 16.6. The van der Waals surface area contributed by atoms with Crippen molar-refractivity contribution in [3.8, 4) is 5.75 Å². The van der Waals surface area contributed by atoms with E-state index in [1.54, 1.807) is 7.11 Å². The Morgan fingerprint density at radius 2 is 0.547 bits per heavy atom. The third kappa shape index (κ3) is 19.1. The second-order valence-corrected chi connectivity index (χ2v) is 21.6. The second-order valence-electron chi connectivity index (χ2n) is 21.6. The van der Waals surface area contributed by atoms with Crippen molar-refractivity contribution in [3.05, 3.63) is 245 Å². The van der Waals surface area contributed by atoms with Gasteiger partial charge in [0.15, 0.2) is 0 Å². The summed E-state index contributed by atoms with van der Waals surface area (Å²) in [5, 5.41) is 78.8. The lowest BCUT2D eigenvalue weighted by molar-refractivity contribution is -0.240. The van der Waals surface area contributed by atoms with Crippen LogP contribution in [0.5, 0.6) is 5.75 Å². The van der Waals surface area contributed by atoms with Gasteiger partial charge in [0.2, 0.25) is 0 Å². The molecule has 0 radical (unpaired) electrons. The van der Waals surface area contributed by atoms with Gasteiger partial charge in [-0.2, -0.15) is 0 Å². The number of methoxy groups -OCH3 is 2. The molecule has 17 heteroatoms. The van der Waals surface area contributed by atoms with Crippen LogP contribution >= 0.6 is 0 Å². The first-order chi connectivity index (χ1) is 41.9. The molecule has 0 aliphatic heterocycles. The number of hydrogen-bond acceptors (Lipinski definition) is 17. The van der Waals surface area contributed by atoms with Crippen LogP contribution < -0.4 is 4.74 Å². The molecule has 0 amide bonds. The maximum absolute atomic E-state index is 11.4. The fraction of sp³-hybridized carbons (Fsp3) is 0.391. The van der Waals surface area contributed by atoms with Crippen molar-refractivity contribution in [2.24, 2.45) is 0 Å². The van der Waals surface area contributed by atoms with E-state index in [-0.39, 0.29) is 6.42 Å². The highest BCUT2D eigenvalue weighted by Crippen LogP contribution is 2.34. The lowest BCUT2D eigenvalue weighted by atomic mass is 9.85. The summed E-state index contributed by atoms with van der Waals surface area (Å²) in [6, 6.07) is 67.3. The van der Waals surface area contributed by atoms with E-state index in [2.05, 4.69) is 4.74 Å². The van der Waals surface area contributed by atoms with Gasteiger partial charge in [0.25, 0.3) is 0 Å². The molecule has 0 saturated heterocycles. The molecule has 17 nitrogen and oxygen atoms in total. The summed E-state index contributed by atoms with van der Waals surface area (Å²) in [4.78, 5) is 0. The van der Waals surface area contributed by atoms with E-state index < -0.39 is 97.7 Å². The molecule has 460 valence electrons. The molecule has 3 fully saturated rings. The van der Waals surface area contributed by atoms with E-state index in [1.807, 2.05) is 206 Å². The van der Waals surface area contributed by atoms with Gasteiger partial charge in [-0.1, -0.05) is 194 Å². The van der Waals surface area contributed by atoms with Crippen molar-refractivity contribution >= 4 is 0 Å². The number of rotatable bonds is 23. The second kappa shape index (κ2) is 34.3. The number of ether oxygens (including phenoxy) is 9. The minimum Gasteiger partial charge on any atom is -0.497 e. The standard InChI is InChI=1S/C35H38O6.C27H30O5.C7H14O6/c1-37-30-19-17-29(18-20-30)25-39-33-31(36)21-32(38-22-26-11-5-2-6-12-26)34(40-23-27-13-7-3-8-14-27)35(33)41-24-28-15-9-4-10-16-28;28-23-16-24(30-17-20-10-4-1-5-11-20)26(31-18-21-12-6-2-7-13-21)27(25(23)29)32-19-22-14-8-3-9-15-22;1-13-7-5(11)3(9)2(8)4(10)6(7)12/h2-20,31-36H,21-25H2,1H3;1-15,23-29H,16-19H2;2-12H,1H3/t31-,32-,33?,34+,35-;23-,24-,25?,26+,27-;2?,3-,4+,5-,6?,7?/m111/s1. The van der Waals surface area contributed by atoms with Gasteiger partial charge in [0, 0.05) is 20.0 Å². The average Bonchev–Trinajstić information content (AvgIpc) is 3.04. The molecule has 3 saturated carbocycles. The van der Waals surface area contributed by atoms with Crippen LogP contribution in [0.25, 0.3) is 0 Å². The van der Waals surface area contributed by atoms with Gasteiger partial charge in [0.1, 0.15) is 79.0 Å². The average molecular weight is 1180 g/mol. The van der Waals surface area contributed by atoms with Crippen LogP contribution in [-0.4, -0.2) is 153 Å². The quantitative estimate of drug-likeness (QED) is 0.0329. The zero-order valence-electron chi connectivity index (χ0n) is 48.5. The molecule has 7 aromatic rings. The van der Waals surface area contributed by atoms with Crippen LogP contribution in [0.1, 0.15) is 51.8 Å². The predicted octanol–water partition coefficient (Wildman–Crippen LogP) is 6.79. The molecule has 16 atom stereocenters. The smallest absolute Gasteiger partial charge is 0.118 e. The first-order valence-electron chi connectivity index (χ1n) is 29.1. The molecule has 3 aliphatic rings. The SMILES string of the molecule is COC1C(O)[C@@H](O)C(O)[C@@H](O)[C@H]1O.COc1ccc(COC2[C@H](O)C[C@@H](OCc3ccccc3)[C@H](OCc3ccccc3)[C@@H]2OCc2ccccc2)cc1.OC1[C@H](O)C[C@@H](OCc2ccccc2)[C@H](OCc2ccccc2)[C@@H]1OCc1ccccc1. The predicted molar refractivity (Wildman–Crippen MR) is 320 cm³/mol. The van der Waals surface area contributed by atoms with Crippen molar-refractivity contribution in [3.63, 3.8) is 0 Å². The van der Waals surface area contributed by atoms with Gasteiger partial charge in [-0.15, -0.1) is 0 Å². The molecular formula is C69H82O17. The van der Waals surface area contributed by atoms with Gasteiger partial charge in [-0.25, -0.2) is 0 Å². The number of benzene rings is 7. The fourth-order valence-corrected chi connectivity index (χ4v) is 10.6. The van der Waals surface area contributed by atoms with Crippen molar-refractivity contribution in [2.45, 2.75) is 157 Å². The van der Waals surface area contributed by atoms with E-state index in [4.69, 9.17) is 43.0 Å². The van der Waals surface area contributed by atoms with E-state index in [0.717, 1.165) is 44.7 Å². The Bertz CT molecular complexity index is 2900. The normalized spacial score (nSPS) is 28.0. The first kappa shape index (κ1) is 65.7. The fourth-order valence-electron chi connectivity index (χ4n) is 10.6. The molecule has 3 aliphatic carbocycles. The van der Waals surface area contributed by atoms with Crippen LogP contribution in [0.15, 0.2) is 206 Å². The largest absolute Gasteiger partial charge is 0.497 e. The lowest BCUT2D eigenvalue weighted by Gasteiger charge is -2.44. The van der Waals surface area contributed by atoms with Crippen molar-refractivity contribution < 1.29 is 83.5 Å². The summed E-state index contributed by atoms with van der Waals surface area (Å²) in [7, 11) is 2.87. The molecule has 8 N–H and O–H groups in total. The maximum Gasteiger partial charge on any atom is 0.118 e. The van der Waals surface area contributed by atoms with E-state index in [1.165, 1.54) is 7.11 Å². The van der Waals surface area contributed by atoms with Crippen LogP contribution in [0.2, 0.25) is 0 Å². The zero-order chi connectivity index (χ0) is 60.6. The Hall–Kier alpha value is -6.30. The highest BCUT2D eigenvalue weighted by molar-refractivity contribution is 5.27. The number of aliphatic hydroxyl groups is 8. The zero-order valence-corrected chi connectivity index (χ0v) is 48.5. The van der Waals surface area contributed by atoms with E-state index >= 15 is 0 Å². The number of aliphatic hydroxyl groups excluding tert-OH is 8. The van der Waals surface area contributed by atoms with Gasteiger partial charge < -0.3 is 83.5 Å². The molecule has 0 bridgehead atoms. The Morgan fingerprint density at radius 1 is 0.267 bits per heavy atom. The molecule has 10 rings (SSSR count). The van der Waals surface area contributed by atoms with Crippen LogP contribution in [0.3, 0.4) is 0 Å². The third-order valence-corrected chi connectivity index (χ3v) is 15.5. The monoisotopic (exact) mass is 1180 g/mol. The van der Waals surface area contributed by atoms with Crippen molar-refractivity contribution in [1.82, 2.24) is 0 Å². The summed E-state index contributed by atoms with van der Waals surface area (Å²) < 4.78 is 54.5. The van der Waals surface area contributed by atoms with Crippen LogP contribution in [-0.2, 0) is 84.1 Å². The van der Waals surface area contributed by atoms with E-state index in [0.29, 0.717) is 52.7 Å². The summed E-state index contributed by atoms with van der Waals surface area (Å²) in [6.45, 7) is 2.55. The maximum atomic E-state index is 11.4. The van der Waals surface area contributed by atoms with Crippen LogP contribution in [0, 0.1) is 0 Å². The van der Waals surface area contributed by atoms with Crippen molar-refractivity contribution in [1.29, 1.82) is 0 Å². The summed E-state index contributed by atoms with van der Waals surface area (Å²) >= 11 is 0. The molecule has 7 aromatic carbocycles. The van der Waals surface area contributed by atoms with Crippen LogP contribution in [0.4, 0.5) is 0 Å². The molecule has 0 spiro atoms. The van der Waals surface area contributed by atoms with Crippen molar-refractivity contribution in [2.75, 3.05) is 14.2 Å². The van der Waals surface area contributed by atoms with E-state index in [9.17, 15) is 35.7 Å². The Kier molecular flexibility index (Phi) is 26.2. The van der Waals surface area contributed by atoms with Gasteiger partial charge in [0.05, 0.1) is 77.8 Å². The number of hydrogen-bond donors (Lipinski definition) is 8. The highest BCUT2D eigenvalue weighted by Gasteiger charge is 2.50. The van der Waals surface area contributed by atoms with Gasteiger partial charge in [-0.05, 0) is 51.1 Å². The molecule has 5 unspecified atom stereocenters. The Morgan fingerprint density at radius 3 is 0.895 bits per heavy atom. The molecule has 0 aromatic heterocycles. The molecule has 0 heterocycles. The first-order valence-corrected chi connectivity index (χ1v) is 29.1. The van der Waals surface area contributed by atoms with Gasteiger partial charge >= 0.3 is 0 Å². The Balaban J connectivity index is 0.000000189. The minimum atomic E-state index is -1.56. The molecular weight excluding hydrogens is 1100 g/mol. The minimum absolute atomic E-state index is 0.276. The Labute approximate surface area is 503 Å². The summed E-state index contributed by atoms with van der Waals surface area (Å²) in [5.41, 5.74) is 7.17. The third-order valence-electron chi connectivity index (χ3n) is 15.5. The summed E-state index contributed by atoms with van der Waals surface area (Å²) in [6.07, 6.45) is -14.3. The topological polar surface area (TPSA) is 245 Å². The van der Waals surface area contributed by atoms with Gasteiger partial charge in [-0.3, -0.25) is 0 Å². The summed E-state index contributed by atoms with van der Waals surface area (Å²) in [5.74, 6) is 0.781. The lowest BCUT2D eigenvalue weighted by Crippen LogP contribution is -2.64.